The van der Waals surface area contributed by atoms with Crippen molar-refractivity contribution >= 4 is 16.6 Å². The zero-order valence-corrected chi connectivity index (χ0v) is 24.4. The summed E-state index contributed by atoms with van der Waals surface area (Å²) < 4.78 is 14.0. The Kier molecular flexibility index (Phi) is 9.07. The molecule has 0 aliphatic heterocycles. The summed E-state index contributed by atoms with van der Waals surface area (Å²) in [5, 5.41) is 0.406. The van der Waals surface area contributed by atoms with Crippen molar-refractivity contribution in [2.75, 3.05) is 0 Å². The summed E-state index contributed by atoms with van der Waals surface area (Å²) in [7, 11) is -3.76. The van der Waals surface area contributed by atoms with Crippen molar-refractivity contribution in [2.45, 2.75) is 141 Å². The van der Waals surface area contributed by atoms with Gasteiger partial charge in [0.1, 0.15) is 0 Å². The van der Waals surface area contributed by atoms with Gasteiger partial charge in [0, 0.05) is 0 Å². The summed E-state index contributed by atoms with van der Waals surface area (Å²) in [5.41, 5.74) is -0.484. The second kappa shape index (κ2) is 9.76. The molecule has 2 nitrogen and oxygen atoms in total. The Morgan fingerprint density at radius 2 is 0.933 bits per heavy atom. The molecule has 0 aromatic heterocycles. The Morgan fingerprint density at radius 3 is 1.20 bits per heavy atom. The third-order valence-electron chi connectivity index (χ3n) is 7.64. The highest BCUT2D eigenvalue weighted by molar-refractivity contribution is 6.74. The van der Waals surface area contributed by atoms with Gasteiger partial charge in [-0.05, 0) is 88.6 Å². The van der Waals surface area contributed by atoms with Crippen molar-refractivity contribution in [2.24, 2.45) is 0 Å². The van der Waals surface area contributed by atoms with Crippen LogP contribution in [0.25, 0.3) is 0 Å². The molecule has 4 heteroatoms. The number of allylic oxidation sites excluding steroid dienone is 2. The van der Waals surface area contributed by atoms with E-state index in [0.717, 1.165) is 25.7 Å². The molecule has 2 unspecified atom stereocenters. The van der Waals surface area contributed by atoms with Crippen molar-refractivity contribution < 1.29 is 8.85 Å². The van der Waals surface area contributed by atoms with Gasteiger partial charge < -0.3 is 8.85 Å². The molecule has 0 N–H and O–H groups in total. The maximum Gasteiger partial charge on any atom is 0.193 e. The van der Waals surface area contributed by atoms with E-state index in [1.807, 2.05) is 0 Å². The lowest BCUT2D eigenvalue weighted by molar-refractivity contribution is 0.0596. The van der Waals surface area contributed by atoms with Crippen LogP contribution in [0.15, 0.2) is 24.3 Å². The topological polar surface area (TPSA) is 18.5 Å². The summed E-state index contributed by atoms with van der Waals surface area (Å²) >= 11 is 0. The van der Waals surface area contributed by atoms with Crippen LogP contribution in [0.3, 0.4) is 0 Å². The van der Waals surface area contributed by atoms with Crippen LogP contribution in [0.2, 0.25) is 36.3 Å². The number of hydrogen-bond acceptors (Lipinski definition) is 2. The Balaban J connectivity index is 3.22. The normalized spacial score (nSPS) is 30.3. The molecule has 0 saturated carbocycles. The maximum atomic E-state index is 7.01. The van der Waals surface area contributed by atoms with E-state index in [1.54, 1.807) is 0 Å². The van der Waals surface area contributed by atoms with Crippen molar-refractivity contribution in [1.82, 2.24) is 0 Å². The molecule has 0 saturated heterocycles. The highest BCUT2D eigenvalue weighted by atomic mass is 28.4. The monoisotopic (exact) mass is 452 g/mol. The highest BCUT2D eigenvalue weighted by Gasteiger charge is 2.45. The van der Waals surface area contributed by atoms with Crippen molar-refractivity contribution in [1.29, 1.82) is 0 Å². The number of rotatable bonds is 4. The maximum absolute atomic E-state index is 7.01. The molecule has 0 aromatic rings. The molecule has 0 bridgehead atoms. The summed E-state index contributed by atoms with van der Waals surface area (Å²) in [6.07, 6.45) is 16.2. The molecular formula is C26H52O2Si2. The SMILES string of the molecule is CC1(O[Si](C)(C)C(C)(C)C)/C=C\CCCC/C=C/C(C)(O[Si](C)(C)C(C)(C)C)CC1. The van der Waals surface area contributed by atoms with Gasteiger partial charge >= 0.3 is 0 Å². The van der Waals surface area contributed by atoms with Crippen LogP contribution in [0, 0.1) is 0 Å². The molecule has 0 radical (unpaired) electrons. The van der Waals surface area contributed by atoms with E-state index in [2.05, 4.69) is 106 Å². The highest BCUT2D eigenvalue weighted by Crippen LogP contribution is 2.43. The van der Waals surface area contributed by atoms with Gasteiger partial charge in [-0.25, -0.2) is 0 Å². The van der Waals surface area contributed by atoms with Crippen molar-refractivity contribution in [3.8, 4) is 0 Å². The van der Waals surface area contributed by atoms with Crippen molar-refractivity contribution in [3.63, 3.8) is 0 Å². The third-order valence-corrected chi connectivity index (χ3v) is 16.8. The molecule has 0 spiro atoms. The smallest absolute Gasteiger partial charge is 0.193 e. The first-order chi connectivity index (χ1) is 13.3. The fourth-order valence-electron chi connectivity index (χ4n) is 3.49. The van der Waals surface area contributed by atoms with Crippen LogP contribution >= 0.6 is 0 Å². The standard InChI is InChI=1S/C26H52O2Si2/c1-23(2,3)29(9,10)27-25(7)19-17-15-13-14-16-18-20-26(8,22-21-25)28-30(11,12)24(4,5)6/h17-20H,13-16,21-22H2,1-12H3/b19-17-,20-18+. The van der Waals surface area contributed by atoms with Gasteiger partial charge in [-0.15, -0.1) is 0 Å². The van der Waals surface area contributed by atoms with E-state index in [0.29, 0.717) is 0 Å². The first-order valence-electron chi connectivity index (χ1n) is 12.1. The molecule has 1 rings (SSSR count). The van der Waals surface area contributed by atoms with Crippen LogP contribution in [0.1, 0.15) is 93.9 Å². The summed E-state index contributed by atoms with van der Waals surface area (Å²) in [4.78, 5) is 0. The zero-order chi connectivity index (χ0) is 23.5. The Bertz CT molecular complexity index is 554. The average molecular weight is 453 g/mol. The van der Waals surface area contributed by atoms with Crippen LogP contribution in [0.5, 0.6) is 0 Å². The van der Waals surface area contributed by atoms with Gasteiger partial charge in [0.15, 0.2) is 16.6 Å². The van der Waals surface area contributed by atoms with E-state index >= 15 is 0 Å². The van der Waals surface area contributed by atoms with Crippen LogP contribution in [-0.4, -0.2) is 27.8 Å². The van der Waals surface area contributed by atoms with Gasteiger partial charge in [-0.2, -0.15) is 0 Å². The van der Waals surface area contributed by atoms with Gasteiger partial charge in [0.25, 0.3) is 0 Å². The van der Waals surface area contributed by atoms with E-state index < -0.39 is 16.6 Å². The zero-order valence-electron chi connectivity index (χ0n) is 22.4. The minimum Gasteiger partial charge on any atom is -0.408 e. The Hall–Kier alpha value is -0.166. The van der Waals surface area contributed by atoms with Crippen LogP contribution in [-0.2, 0) is 8.85 Å². The van der Waals surface area contributed by atoms with Gasteiger partial charge in [-0.1, -0.05) is 65.8 Å². The molecular weight excluding hydrogens is 400 g/mol. The molecule has 1 aliphatic carbocycles. The molecule has 0 fully saturated rings. The van der Waals surface area contributed by atoms with Gasteiger partial charge in [-0.3, -0.25) is 0 Å². The van der Waals surface area contributed by atoms with Gasteiger partial charge in [0.05, 0.1) is 11.2 Å². The third kappa shape index (κ3) is 8.07. The van der Waals surface area contributed by atoms with E-state index in [1.165, 1.54) is 12.8 Å². The number of hydrogen-bond donors (Lipinski definition) is 0. The average Bonchev–Trinajstić information content (AvgIpc) is 2.52. The molecule has 176 valence electrons. The van der Waals surface area contributed by atoms with Gasteiger partial charge in [0.2, 0.25) is 0 Å². The lowest BCUT2D eigenvalue weighted by Crippen LogP contribution is -2.50. The molecule has 30 heavy (non-hydrogen) atoms. The first kappa shape index (κ1) is 27.9. The quantitative estimate of drug-likeness (QED) is 0.313. The largest absolute Gasteiger partial charge is 0.408 e. The Morgan fingerprint density at radius 1 is 0.633 bits per heavy atom. The minimum atomic E-state index is -1.88. The van der Waals surface area contributed by atoms with Crippen LogP contribution < -0.4 is 0 Å². The molecule has 2 atom stereocenters. The molecule has 1 aliphatic rings. The van der Waals surface area contributed by atoms with E-state index in [4.69, 9.17) is 8.85 Å². The minimum absolute atomic E-state index is 0.203. The predicted molar refractivity (Wildman–Crippen MR) is 139 cm³/mol. The van der Waals surface area contributed by atoms with E-state index in [-0.39, 0.29) is 21.3 Å². The fourth-order valence-corrected chi connectivity index (χ4v) is 6.78. The first-order valence-corrected chi connectivity index (χ1v) is 17.9. The van der Waals surface area contributed by atoms with Crippen molar-refractivity contribution in [3.05, 3.63) is 24.3 Å². The lowest BCUT2D eigenvalue weighted by atomic mass is 9.90. The fraction of sp³-hybridized carbons (Fsp3) is 0.846. The Labute approximate surface area is 191 Å². The lowest BCUT2D eigenvalue weighted by Gasteiger charge is -2.46. The predicted octanol–water partition coefficient (Wildman–Crippen LogP) is 9.01. The summed E-state index contributed by atoms with van der Waals surface area (Å²) in [6, 6.07) is 0. The van der Waals surface area contributed by atoms with Crippen LogP contribution in [0.4, 0.5) is 0 Å². The molecule has 0 heterocycles. The second-order valence-electron chi connectivity index (χ2n) is 12.9. The van der Waals surface area contributed by atoms with E-state index in [9.17, 15) is 0 Å². The summed E-state index contributed by atoms with van der Waals surface area (Å²) in [5.74, 6) is 0. The second-order valence-corrected chi connectivity index (χ2v) is 22.4. The molecule has 0 aromatic carbocycles. The molecule has 0 amide bonds. The summed E-state index contributed by atoms with van der Waals surface area (Å²) in [6.45, 7) is 28.0.